The number of carbonyl (C=O) groups is 1. The molecule has 1 amide bonds. The third-order valence-corrected chi connectivity index (χ3v) is 6.48. The van der Waals surface area contributed by atoms with E-state index in [2.05, 4.69) is 15.9 Å². The van der Waals surface area contributed by atoms with Gasteiger partial charge in [0, 0.05) is 10.0 Å². The van der Waals surface area contributed by atoms with Gasteiger partial charge in [-0.05, 0) is 45.6 Å². The fourth-order valence-electron chi connectivity index (χ4n) is 2.17. The smallest absolute Gasteiger partial charge is 0.234 e. The Bertz CT molecular complexity index is 691. The lowest BCUT2D eigenvalue weighted by Crippen LogP contribution is -2.28. The number of benzene rings is 1. The van der Waals surface area contributed by atoms with Crippen LogP contribution in [0.4, 0.5) is 8.78 Å². The van der Waals surface area contributed by atoms with Crippen molar-refractivity contribution >= 4 is 44.9 Å². The zero-order valence-corrected chi connectivity index (χ0v) is 13.9. The van der Waals surface area contributed by atoms with Crippen LogP contribution in [0.3, 0.4) is 0 Å². The molecule has 1 atom stereocenters. The summed E-state index contributed by atoms with van der Waals surface area (Å²) in [7, 11) is 0. The molecule has 1 fully saturated rings. The third-order valence-electron chi connectivity index (χ3n) is 3.19. The molecule has 110 valence electrons. The quantitative estimate of drug-likeness (QED) is 0.766. The molecule has 0 N–H and O–H groups in total. The second-order valence-corrected chi connectivity index (χ2v) is 7.42. The predicted octanol–water partition coefficient (Wildman–Crippen LogP) is 4.56. The lowest BCUT2D eigenvalue weighted by molar-refractivity contribution is -0.128. The Morgan fingerprint density at radius 2 is 2.14 bits per heavy atom. The van der Waals surface area contributed by atoms with Crippen molar-refractivity contribution in [3.63, 3.8) is 0 Å². The van der Waals surface area contributed by atoms with Crippen LogP contribution in [0.25, 0.3) is 0 Å². The van der Waals surface area contributed by atoms with Crippen molar-refractivity contribution in [2.75, 3.05) is 5.75 Å². The van der Waals surface area contributed by atoms with Gasteiger partial charge in [0.05, 0.1) is 17.2 Å². The molecule has 2 heterocycles. The molecular formula is C14H10BrF2NOS2. The summed E-state index contributed by atoms with van der Waals surface area (Å²) in [5.41, 5.74) is 0.198. The number of rotatable bonds is 3. The average molecular weight is 390 g/mol. The maximum absolute atomic E-state index is 13.8. The number of thiophene rings is 1. The molecule has 0 aliphatic carbocycles. The number of hydrogen-bond acceptors (Lipinski definition) is 3. The van der Waals surface area contributed by atoms with E-state index in [4.69, 9.17) is 0 Å². The Kier molecular flexibility index (Phi) is 4.33. The summed E-state index contributed by atoms with van der Waals surface area (Å²) in [5.74, 6) is -0.704. The lowest BCUT2D eigenvalue weighted by atomic mass is 10.2. The number of hydrogen-bond donors (Lipinski definition) is 0. The summed E-state index contributed by atoms with van der Waals surface area (Å²) in [6, 6.07) is 5.23. The van der Waals surface area contributed by atoms with Crippen LogP contribution in [0.15, 0.2) is 34.1 Å². The molecule has 1 aliphatic rings. The van der Waals surface area contributed by atoms with Crippen LogP contribution in [-0.4, -0.2) is 16.6 Å². The van der Waals surface area contributed by atoms with Crippen LogP contribution in [-0.2, 0) is 11.3 Å². The summed E-state index contributed by atoms with van der Waals surface area (Å²) in [5, 5.41) is 1.78. The van der Waals surface area contributed by atoms with Gasteiger partial charge >= 0.3 is 0 Å². The number of amides is 1. The van der Waals surface area contributed by atoms with E-state index in [1.807, 2.05) is 11.4 Å². The van der Waals surface area contributed by atoms with Crippen molar-refractivity contribution in [3.8, 4) is 0 Å². The summed E-state index contributed by atoms with van der Waals surface area (Å²) >= 11 is 6.50. The Hall–Kier alpha value is -0.920. The van der Waals surface area contributed by atoms with Crippen molar-refractivity contribution in [2.45, 2.75) is 11.9 Å². The summed E-state index contributed by atoms with van der Waals surface area (Å²) in [6.45, 7) is 0.0738. The van der Waals surface area contributed by atoms with Crippen LogP contribution in [0.2, 0.25) is 0 Å². The Morgan fingerprint density at radius 1 is 1.33 bits per heavy atom. The molecule has 1 aliphatic heterocycles. The monoisotopic (exact) mass is 389 g/mol. The minimum atomic E-state index is -0.500. The second-order valence-electron chi connectivity index (χ2n) is 4.55. The second kappa shape index (κ2) is 6.06. The van der Waals surface area contributed by atoms with Crippen molar-refractivity contribution in [2.24, 2.45) is 0 Å². The molecule has 1 unspecified atom stereocenters. The van der Waals surface area contributed by atoms with E-state index >= 15 is 0 Å². The van der Waals surface area contributed by atoms with E-state index in [9.17, 15) is 13.6 Å². The molecule has 0 radical (unpaired) electrons. The molecule has 0 bridgehead atoms. The van der Waals surface area contributed by atoms with Gasteiger partial charge in [-0.2, -0.15) is 0 Å². The van der Waals surface area contributed by atoms with Crippen LogP contribution >= 0.6 is 39.0 Å². The Labute approximate surface area is 137 Å². The highest BCUT2D eigenvalue weighted by molar-refractivity contribution is 9.10. The predicted molar refractivity (Wildman–Crippen MR) is 84.1 cm³/mol. The zero-order valence-electron chi connectivity index (χ0n) is 10.7. The first-order valence-electron chi connectivity index (χ1n) is 6.14. The van der Waals surface area contributed by atoms with Gasteiger partial charge in [0.25, 0.3) is 0 Å². The van der Waals surface area contributed by atoms with Crippen LogP contribution in [0.5, 0.6) is 0 Å². The highest BCUT2D eigenvalue weighted by Gasteiger charge is 2.35. The Morgan fingerprint density at radius 3 is 2.86 bits per heavy atom. The summed E-state index contributed by atoms with van der Waals surface area (Å²) in [4.78, 5) is 14.7. The number of thioether (sulfide) groups is 1. The molecule has 21 heavy (non-hydrogen) atoms. The van der Waals surface area contributed by atoms with Gasteiger partial charge in [0.2, 0.25) is 5.91 Å². The number of nitrogens with zero attached hydrogens (tertiary/aromatic N) is 1. The van der Waals surface area contributed by atoms with E-state index in [1.54, 1.807) is 16.2 Å². The van der Waals surface area contributed by atoms with Gasteiger partial charge in [-0.1, -0.05) is 0 Å². The number of carbonyl (C=O) groups excluding carboxylic acids is 1. The SMILES string of the molecule is O=C1CSC(c2sccc2Br)N1Cc1cc(F)ccc1F. The van der Waals surface area contributed by atoms with Crippen LogP contribution in [0, 0.1) is 11.6 Å². The minimum Gasteiger partial charge on any atom is -0.321 e. The fourth-order valence-corrected chi connectivity index (χ4v) is 5.39. The third kappa shape index (κ3) is 3.00. The van der Waals surface area contributed by atoms with Crippen molar-refractivity contribution in [1.82, 2.24) is 4.90 Å². The van der Waals surface area contributed by atoms with Gasteiger partial charge in [0.1, 0.15) is 17.0 Å². The van der Waals surface area contributed by atoms with Crippen molar-refractivity contribution in [3.05, 3.63) is 56.2 Å². The van der Waals surface area contributed by atoms with E-state index in [-0.39, 0.29) is 23.4 Å². The molecular weight excluding hydrogens is 380 g/mol. The van der Waals surface area contributed by atoms with E-state index in [0.717, 1.165) is 27.5 Å². The molecule has 1 saturated heterocycles. The topological polar surface area (TPSA) is 20.3 Å². The highest BCUT2D eigenvalue weighted by Crippen LogP contribution is 2.44. The maximum Gasteiger partial charge on any atom is 0.234 e. The molecule has 3 rings (SSSR count). The molecule has 0 saturated carbocycles. The van der Waals surface area contributed by atoms with Crippen LogP contribution in [0.1, 0.15) is 15.8 Å². The van der Waals surface area contributed by atoms with Crippen LogP contribution < -0.4 is 0 Å². The zero-order chi connectivity index (χ0) is 15.0. The van der Waals surface area contributed by atoms with Gasteiger partial charge in [0.15, 0.2) is 0 Å². The molecule has 2 nitrogen and oxygen atoms in total. The fraction of sp³-hybridized carbons (Fsp3) is 0.214. The Balaban J connectivity index is 1.90. The molecule has 2 aromatic rings. The summed E-state index contributed by atoms with van der Waals surface area (Å²) in [6.07, 6.45) is 0. The van der Waals surface area contributed by atoms with Gasteiger partial charge < -0.3 is 4.90 Å². The first kappa shape index (κ1) is 15.0. The lowest BCUT2D eigenvalue weighted by Gasteiger charge is -2.23. The molecule has 1 aromatic heterocycles. The van der Waals surface area contributed by atoms with Gasteiger partial charge in [-0.15, -0.1) is 23.1 Å². The van der Waals surface area contributed by atoms with Gasteiger partial charge in [-0.3, -0.25) is 4.79 Å². The van der Waals surface area contributed by atoms with Crippen molar-refractivity contribution in [1.29, 1.82) is 0 Å². The average Bonchev–Trinajstić information content (AvgIpc) is 3.01. The van der Waals surface area contributed by atoms with Crippen molar-refractivity contribution < 1.29 is 13.6 Å². The number of halogens is 3. The normalized spacial score (nSPS) is 18.5. The molecule has 7 heteroatoms. The highest BCUT2D eigenvalue weighted by atomic mass is 79.9. The van der Waals surface area contributed by atoms with E-state index in [0.29, 0.717) is 5.75 Å². The first-order chi connectivity index (χ1) is 10.1. The molecule has 0 spiro atoms. The summed E-state index contributed by atoms with van der Waals surface area (Å²) < 4.78 is 28.0. The standard InChI is InChI=1S/C14H10BrF2NOS2/c15-10-3-4-20-13(10)14-18(12(19)7-21-14)6-8-5-9(16)1-2-11(8)17/h1-5,14H,6-7H2. The van der Waals surface area contributed by atoms with E-state index in [1.165, 1.54) is 11.8 Å². The van der Waals surface area contributed by atoms with Gasteiger partial charge in [-0.25, -0.2) is 8.78 Å². The maximum atomic E-state index is 13.8. The van der Waals surface area contributed by atoms with E-state index < -0.39 is 11.6 Å². The largest absolute Gasteiger partial charge is 0.321 e. The minimum absolute atomic E-state index is 0.0611. The molecule has 1 aromatic carbocycles. The first-order valence-corrected chi connectivity index (χ1v) is 8.86.